The quantitative estimate of drug-likeness (QED) is 0.778. The lowest BCUT2D eigenvalue weighted by Crippen LogP contribution is -2.37. The molecule has 0 aliphatic carbocycles. The molecule has 0 aromatic heterocycles. The molecule has 2 aromatic rings. The van der Waals surface area contributed by atoms with E-state index < -0.39 is 0 Å². The molecule has 1 aliphatic rings. The maximum absolute atomic E-state index is 12.2. The van der Waals surface area contributed by atoms with E-state index in [2.05, 4.69) is 22.3 Å². The van der Waals surface area contributed by atoms with Crippen LogP contribution >= 0.6 is 0 Å². The molecule has 144 valence electrons. The number of amides is 1. The zero-order valence-corrected chi connectivity index (χ0v) is 15.9. The highest BCUT2D eigenvalue weighted by molar-refractivity contribution is 5.90. The van der Waals surface area contributed by atoms with Crippen LogP contribution in [0.5, 0.6) is 5.75 Å². The molecule has 1 amide bonds. The molecular formula is C22H28N2O3. The Balaban J connectivity index is 1.40. The number of methoxy groups -OCH3 is 1. The van der Waals surface area contributed by atoms with Crippen LogP contribution in [0.15, 0.2) is 48.5 Å². The van der Waals surface area contributed by atoms with Crippen molar-refractivity contribution >= 4 is 11.6 Å². The van der Waals surface area contributed by atoms with E-state index in [4.69, 9.17) is 9.47 Å². The number of ether oxygens (including phenoxy) is 2. The van der Waals surface area contributed by atoms with Gasteiger partial charge in [-0.05, 0) is 48.2 Å². The van der Waals surface area contributed by atoms with E-state index in [1.165, 1.54) is 5.56 Å². The third-order valence-electron chi connectivity index (χ3n) is 4.86. The molecule has 0 bridgehead atoms. The van der Waals surface area contributed by atoms with E-state index >= 15 is 0 Å². The molecule has 0 atom stereocenters. The number of benzene rings is 2. The third-order valence-corrected chi connectivity index (χ3v) is 4.86. The van der Waals surface area contributed by atoms with E-state index in [0.717, 1.165) is 56.3 Å². The van der Waals surface area contributed by atoms with Crippen LogP contribution in [0.4, 0.5) is 5.69 Å². The van der Waals surface area contributed by atoms with Crippen LogP contribution in [0, 0.1) is 0 Å². The summed E-state index contributed by atoms with van der Waals surface area (Å²) in [4.78, 5) is 14.6. The van der Waals surface area contributed by atoms with Crippen molar-refractivity contribution in [1.29, 1.82) is 0 Å². The number of nitrogens with one attached hydrogen (secondary N) is 1. The zero-order valence-electron chi connectivity index (χ0n) is 15.9. The first-order valence-corrected chi connectivity index (χ1v) is 9.55. The number of hydrogen-bond donors (Lipinski definition) is 1. The zero-order chi connectivity index (χ0) is 18.9. The smallest absolute Gasteiger partial charge is 0.224 e. The van der Waals surface area contributed by atoms with Gasteiger partial charge in [0.1, 0.15) is 5.75 Å². The summed E-state index contributed by atoms with van der Waals surface area (Å²) in [5.41, 5.74) is 3.27. The minimum Gasteiger partial charge on any atom is -0.497 e. The number of carbonyl (C=O) groups excluding carboxylic acids is 1. The second-order valence-electron chi connectivity index (χ2n) is 6.80. The Morgan fingerprint density at radius 1 is 1.00 bits per heavy atom. The summed E-state index contributed by atoms with van der Waals surface area (Å²) in [6.45, 7) is 4.75. The van der Waals surface area contributed by atoms with Crippen LogP contribution in [0.3, 0.4) is 0 Å². The Labute approximate surface area is 161 Å². The SMILES string of the molecule is COc1ccc(CCC(=O)Nc2ccc(CCN3CCOCC3)cc2)cc1. The Morgan fingerprint density at radius 2 is 1.63 bits per heavy atom. The fraction of sp³-hybridized carbons (Fsp3) is 0.409. The first kappa shape index (κ1) is 19.4. The second-order valence-corrected chi connectivity index (χ2v) is 6.80. The molecule has 1 fully saturated rings. The molecular weight excluding hydrogens is 340 g/mol. The lowest BCUT2D eigenvalue weighted by Gasteiger charge is -2.26. The molecule has 5 heteroatoms. The van der Waals surface area contributed by atoms with Gasteiger partial charge >= 0.3 is 0 Å². The van der Waals surface area contributed by atoms with Gasteiger partial charge in [-0.25, -0.2) is 0 Å². The summed E-state index contributed by atoms with van der Waals surface area (Å²) in [6.07, 6.45) is 2.20. The van der Waals surface area contributed by atoms with E-state index in [-0.39, 0.29) is 5.91 Å². The largest absolute Gasteiger partial charge is 0.497 e. The summed E-state index contributed by atoms with van der Waals surface area (Å²) < 4.78 is 10.5. The molecule has 1 saturated heterocycles. The Kier molecular flexibility index (Phi) is 7.25. The van der Waals surface area contributed by atoms with E-state index in [1.54, 1.807) is 7.11 Å². The Morgan fingerprint density at radius 3 is 2.30 bits per heavy atom. The molecule has 2 aromatic carbocycles. The standard InChI is InChI=1S/C22H28N2O3/c1-26-21-9-4-18(5-10-21)6-11-22(25)23-20-7-2-19(3-8-20)12-13-24-14-16-27-17-15-24/h2-5,7-10H,6,11-17H2,1H3,(H,23,25). The van der Waals surface area contributed by atoms with Gasteiger partial charge in [0.25, 0.3) is 0 Å². The van der Waals surface area contributed by atoms with Crippen molar-refractivity contribution in [2.24, 2.45) is 0 Å². The summed E-state index contributed by atoms with van der Waals surface area (Å²) in [5.74, 6) is 0.865. The van der Waals surface area contributed by atoms with Gasteiger partial charge in [0, 0.05) is 31.7 Å². The van der Waals surface area contributed by atoms with Gasteiger partial charge < -0.3 is 14.8 Å². The number of anilines is 1. The van der Waals surface area contributed by atoms with Crippen molar-refractivity contribution in [3.05, 3.63) is 59.7 Å². The van der Waals surface area contributed by atoms with Gasteiger partial charge in [-0.15, -0.1) is 0 Å². The van der Waals surface area contributed by atoms with E-state index in [0.29, 0.717) is 12.8 Å². The van der Waals surface area contributed by atoms with E-state index in [9.17, 15) is 4.79 Å². The topological polar surface area (TPSA) is 50.8 Å². The van der Waals surface area contributed by atoms with Crippen LogP contribution in [-0.2, 0) is 22.4 Å². The van der Waals surface area contributed by atoms with Crippen molar-refractivity contribution in [2.75, 3.05) is 45.3 Å². The lowest BCUT2D eigenvalue weighted by molar-refractivity contribution is -0.116. The normalized spacial score (nSPS) is 14.7. The highest BCUT2D eigenvalue weighted by Gasteiger charge is 2.10. The van der Waals surface area contributed by atoms with Gasteiger partial charge in [0.15, 0.2) is 0 Å². The molecule has 1 N–H and O–H groups in total. The van der Waals surface area contributed by atoms with Crippen molar-refractivity contribution in [3.63, 3.8) is 0 Å². The van der Waals surface area contributed by atoms with Gasteiger partial charge in [-0.1, -0.05) is 24.3 Å². The number of rotatable bonds is 8. The van der Waals surface area contributed by atoms with Crippen LogP contribution < -0.4 is 10.1 Å². The third kappa shape index (κ3) is 6.38. The minimum absolute atomic E-state index is 0.0342. The number of hydrogen-bond acceptors (Lipinski definition) is 4. The van der Waals surface area contributed by atoms with Crippen LogP contribution in [0.25, 0.3) is 0 Å². The summed E-state index contributed by atoms with van der Waals surface area (Å²) in [5, 5.41) is 2.98. The van der Waals surface area contributed by atoms with Crippen molar-refractivity contribution in [2.45, 2.75) is 19.3 Å². The monoisotopic (exact) mass is 368 g/mol. The number of nitrogens with zero attached hydrogens (tertiary/aromatic N) is 1. The summed E-state index contributed by atoms with van der Waals surface area (Å²) in [7, 11) is 1.65. The minimum atomic E-state index is 0.0342. The predicted molar refractivity (Wildman–Crippen MR) is 107 cm³/mol. The van der Waals surface area contributed by atoms with E-state index in [1.807, 2.05) is 36.4 Å². The van der Waals surface area contributed by atoms with Gasteiger partial charge in [0.2, 0.25) is 5.91 Å². The molecule has 0 spiro atoms. The number of morpholine rings is 1. The van der Waals surface area contributed by atoms with Crippen LogP contribution in [0.2, 0.25) is 0 Å². The van der Waals surface area contributed by atoms with Crippen LogP contribution in [0.1, 0.15) is 17.5 Å². The van der Waals surface area contributed by atoms with Gasteiger partial charge in [-0.3, -0.25) is 9.69 Å². The molecule has 27 heavy (non-hydrogen) atoms. The molecule has 3 rings (SSSR count). The van der Waals surface area contributed by atoms with Crippen molar-refractivity contribution in [3.8, 4) is 5.75 Å². The predicted octanol–water partition coefficient (Wildman–Crippen LogP) is 3.14. The second kappa shape index (κ2) is 10.1. The number of carbonyl (C=O) groups is 1. The number of aryl methyl sites for hydroxylation is 1. The summed E-state index contributed by atoms with van der Waals surface area (Å²) >= 11 is 0. The molecule has 0 radical (unpaired) electrons. The maximum Gasteiger partial charge on any atom is 0.224 e. The van der Waals surface area contributed by atoms with Crippen molar-refractivity contribution < 1.29 is 14.3 Å². The van der Waals surface area contributed by atoms with Crippen LogP contribution in [-0.4, -0.2) is 50.8 Å². The fourth-order valence-electron chi connectivity index (χ4n) is 3.14. The molecule has 1 heterocycles. The maximum atomic E-state index is 12.2. The summed E-state index contributed by atoms with van der Waals surface area (Å²) in [6, 6.07) is 16.0. The van der Waals surface area contributed by atoms with Gasteiger partial charge in [0.05, 0.1) is 20.3 Å². The highest BCUT2D eigenvalue weighted by Crippen LogP contribution is 2.14. The first-order valence-electron chi connectivity index (χ1n) is 9.55. The van der Waals surface area contributed by atoms with Gasteiger partial charge in [-0.2, -0.15) is 0 Å². The molecule has 0 unspecified atom stereocenters. The van der Waals surface area contributed by atoms with Crippen molar-refractivity contribution in [1.82, 2.24) is 4.90 Å². The Bertz CT molecular complexity index is 707. The first-order chi connectivity index (χ1) is 13.2. The average molecular weight is 368 g/mol. The lowest BCUT2D eigenvalue weighted by atomic mass is 10.1. The molecule has 0 saturated carbocycles. The Hall–Kier alpha value is -2.37. The molecule has 5 nitrogen and oxygen atoms in total. The fourth-order valence-corrected chi connectivity index (χ4v) is 3.14. The molecule has 1 aliphatic heterocycles. The highest BCUT2D eigenvalue weighted by atomic mass is 16.5. The average Bonchev–Trinajstić information content (AvgIpc) is 2.73.